The standard InChI is InChI=1S/C27H39NO5Si/c1-18-24(15-8-20-6-9-21(10-7-20)28-27(31)19(2)30)33-25(16-17-29)26(18)34(4,5)23-13-11-22(32-3)12-14-23/h6-7,9-14,18-19,24-26,29-30H,8,15-17H2,1-5H3,(H,28,31)/t18-,19+,24+,25-,26+/m1/s1. The van der Waals surface area contributed by atoms with Crippen molar-refractivity contribution in [1.82, 2.24) is 0 Å². The normalized spacial score (nSPS) is 23.5. The van der Waals surface area contributed by atoms with Gasteiger partial charge < -0.3 is 25.0 Å². The first-order valence-corrected chi connectivity index (χ1v) is 15.2. The second-order valence-corrected chi connectivity index (χ2v) is 14.6. The molecule has 0 unspecified atom stereocenters. The lowest BCUT2D eigenvalue weighted by atomic mass is 9.95. The van der Waals surface area contributed by atoms with Crippen molar-refractivity contribution < 1.29 is 24.5 Å². The van der Waals surface area contributed by atoms with Crippen LogP contribution in [0, 0.1) is 5.92 Å². The molecule has 0 bridgehead atoms. The zero-order valence-electron chi connectivity index (χ0n) is 21.0. The highest BCUT2D eigenvalue weighted by Gasteiger charge is 2.50. The SMILES string of the molecule is COc1ccc([Si](C)(C)[C@H]2[C@H](C)[C@H](CCc3ccc(NC(=O)[C@H](C)O)cc3)O[C@@H]2CCO)cc1. The minimum Gasteiger partial charge on any atom is -0.497 e. The second-order valence-electron chi connectivity index (χ2n) is 9.96. The summed E-state index contributed by atoms with van der Waals surface area (Å²) in [5.41, 5.74) is 2.27. The van der Waals surface area contributed by atoms with E-state index in [1.807, 2.05) is 36.4 Å². The number of nitrogens with one attached hydrogen (secondary N) is 1. The summed E-state index contributed by atoms with van der Waals surface area (Å²) in [7, 11) is -0.194. The number of amides is 1. The average molecular weight is 486 g/mol. The summed E-state index contributed by atoms with van der Waals surface area (Å²) in [6.07, 6.45) is 1.61. The lowest BCUT2D eigenvalue weighted by Crippen LogP contribution is -2.50. The van der Waals surface area contributed by atoms with Crippen molar-refractivity contribution in [2.24, 2.45) is 5.92 Å². The predicted octanol–water partition coefficient (Wildman–Crippen LogP) is 3.72. The fourth-order valence-corrected chi connectivity index (χ4v) is 9.47. The summed E-state index contributed by atoms with van der Waals surface area (Å²) in [4.78, 5) is 11.7. The number of carbonyl (C=O) groups is 1. The van der Waals surface area contributed by atoms with E-state index in [0.29, 0.717) is 23.6 Å². The number of aryl methyl sites for hydroxylation is 1. The molecule has 2 aromatic carbocycles. The van der Waals surface area contributed by atoms with Gasteiger partial charge in [-0.25, -0.2) is 0 Å². The number of hydrogen-bond acceptors (Lipinski definition) is 5. The molecule has 7 heteroatoms. The van der Waals surface area contributed by atoms with Crippen LogP contribution in [0.15, 0.2) is 48.5 Å². The topological polar surface area (TPSA) is 88.0 Å². The summed E-state index contributed by atoms with van der Waals surface area (Å²) in [5.74, 6) is 0.848. The van der Waals surface area contributed by atoms with Gasteiger partial charge in [0, 0.05) is 12.3 Å². The van der Waals surface area contributed by atoms with Crippen molar-refractivity contribution in [3.63, 3.8) is 0 Å². The van der Waals surface area contributed by atoms with Crippen molar-refractivity contribution in [3.05, 3.63) is 54.1 Å². The highest BCUT2D eigenvalue weighted by Crippen LogP contribution is 2.46. The average Bonchev–Trinajstić information content (AvgIpc) is 3.14. The van der Waals surface area contributed by atoms with E-state index < -0.39 is 20.1 Å². The van der Waals surface area contributed by atoms with Crippen molar-refractivity contribution in [2.45, 2.75) is 70.1 Å². The maximum atomic E-state index is 11.7. The maximum absolute atomic E-state index is 11.7. The van der Waals surface area contributed by atoms with Crippen LogP contribution in [0.2, 0.25) is 18.6 Å². The molecule has 2 aromatic rings. The third kappa shape index (κ3) is 6.08. The Morgan fingerprint density at radius 3 is 2.29 bits per heavy atom. The first-order valence-electron chi connectivity index (χ1n) is 12.2. The van der Waals surface area contributed by atoms with Crippen LogP contribution in [-0.2, 0) is 16.0 Å². The minimum atomic E-state index is -1.88. The molecule has 0 spiro atoms. The van der Waals surface area contributed by atoms with Crippen molar-refractivity contribution >= 4 is 24.9 Å². The van der Waals surface area contributed by atoms with Crippen molar-refractivity contribution in [3.8, 4) is 5.75 Å². The van der Waals surface area contributed by atoms with Gasteiger partial charge in [-0.3, -0.25) is 4.79 Å². The van der Waals surface area contributed by atoms with Gasteiger partial charge >= 0.3 is 0 Å². The van der Waals surface area contributed by atoms with Gasteiger partial charge in [-0.05, 0) is 67.5 Å². The van der Waals surface area contributed by atoms with Gasteiger partial charge in [0.25, 0.3) is 5.91 Å². The first kappa shape index (κ1) is 26.4. The Kier molecular flexibility index (Phi) is 8.93. The zero-order valence-corrected chi connectivity index (χ0v) is 22.0. The van der Waals surface area contributed by atoms with E-state index in [1.165, 1.54) is 17.7 Å². The summed E-state index contributed by atoms with van der Waals surface area (Å²) in [6.45, 7) is 8.70. The molecule has 0 saturated carbocycles. The number of rotatable bonds is 10. The maximum Gasteiger partial charge on any atom is 0.252 e. The molecule has 186 valence electrons. The molecule has 1 aliphatic rings. The van der Waals surface area contributed by atoms with Crippen LogP contribution in [0.25, 0.3) is 0 Å². The van der Waals surface area contributed by atoms with Crippen molar-refractivity contribution in [2.75, 3.05) is 19.0 Å². The molecule has 1 aliphatic heterocycles. The number of hydrogen-bond donors (Lipinski definition) is 3. The Hall–Kier alpha value is -2.19. The molecular formula is C27H39NO5Si. The lowest BCUT2D eigenvalue weighted by molar-refractivity contribution is -0.123. The molecule has 1 saturated heterocycles. The Bertz CT molecular complexity index is 929. The Labute approximate surface area is 204 Å². The van der Waals surface area contributed by atoms with Gasteiger partial charge in [0.15, 0.2) is 0 Å². The van der Waals surface area contributed by atoms with E-state index in [9.17, 15) is 15.0 Å². The molecule has 1 fully saturated rings. The van der Waals surface area contributed by atoms with Gasteiger partial charge in [0.05, 0.1) is 27.4 Å². The van der Waals surface area contributed by atoms with Crippen LogP contribution in [-0.4, -0.2) is 56.2 Å². The van der Waals surface area contributed by atoms with Crippen LogP contribution in [0.5, 0.6) is 5.75 Å². The van der Waals surface area contributed by atoms with E-state index in [1.54, 1.807) is 7.11 Å². The van der Waals surface area contributed by atoms with Crippen molar-refractivity contribution in [1.29, 1.82) is 0 Å². The van der Waals surface area contributed by atoms with Crippen LogP contribution >= 0.6 is 0 Å². The lowest BCUT2D eigenvalue weighted by Gasteiger charge is -2.36. The molecule has 6 nitrogen and oxygen atoms in total. The zero-order chi connectivity index (χ0) is 24.9. The fourth-order valence-electron chi connectivity index (χ4n) is 5.35. The molecule has 0 aromatic heterocycles. The molecular weight excluding hydrogens is 446 g/mol. The van der Waals surface area contributed by atoms with Gasteiger partial charge in [-0.1, -0.05) is 49.5 Å². The van der Waals surface area contributed by atoms with E-state index >= 15 is 0 Å². The van der Waals surface area contributed by atoms with E-state index in [0.717, 1.165) is 18.6 Å². The number of carbonyl (C=O) groups excluding carboxylic acids is 1. The summed E-state index contributed by atoms with van der Waals surface area (Å²) in [6, 6.07) is 16.2. The summed E-state index contributed by atoms with van der Waals surface area (Å²) >= 11 is 0. The quantitative estimate of drug-likeness (QED) is 0.447. The highest BCUT2D eigenvalue weighted by molar-refractivity contribution is 6.91. The number of benzene rings is 2. The monoisotopic (exact) mass is 485 g/mol. The Morgan fingerprint density at radius 2 is 1.74 bits per heavy atom. The molecule has 1 heterocycles. The van der Waals surface area contributed by atoms with Crippen LogP contribution in [0.4, 0.5) is 5.69 Å². The number of methoxy groups -OCH3 is 1. The molecule has 0 radical (unpaired) electrons. The van der Waals surface area contributed by atoms with Gasteiger partial charge in [0.2, 0.25) is 0 Å². The first-order chi connectivity index (χ1) is 16.2. The number of aliphatic hydroxyl groups is 2. The van der Waals surface area contributed by atoms with E-state index in [2.05, 4.69) is 37.5 Å². The van der Waals surface area contributed by atoms with Gasteiger partial charge in [-0.15, -0.1) is 0 Å². The molecule has 3 N–H and O–H groups in total. The minimum absolute atomic E-state index is 0.0619. The third-order valence-electron chi connectivity index (χ3n) is 7.30. The van der Waals surface area contributed by atoms with E-state index in [-0.39, 0.29) is 18.8 Å². The second kappa shape index (κ2) is 11.5. The number of ether oxygens (including phenoxy) is 2. The molecule has 3 rings (SSSR count). The van der Waals surface area contributed by atoms with E-state index in [4.69, 9.17) is 9.47 Å². The molecule has 5 atom stereocenters. The van der Waals surface area contributed by atoms with Crippen LogP contribution < -0.4 is 15.2 Å². The summed E-state index contributed by atoms with van der Waals surface area (Å²) < 4.78 is 11.9. The fraction of sp³-hybridized carbons (Fsp3) is 0.519. The molecule has 1 amide bonds. The Morgan fingerprint density at radius 1 is 1.09 bits per heavy atom. The highest BCUT2D eigenvalue weighted by atomic mass is 28.3. The number of anilines is 1. The van der Waals surface area contributed by atoms with Gasteiger partial charge in [0.1, 0.15) is 11.9 Å². The molecule has 34 heavy (non-hydrogen) atoms. The third-order valence-corrected chi connectivity index (χ3v) is 11.7. The summed E-state index contributed by atoms with van der Waals surface area (Å²) in [5, 5.41) is 23.2. The molecule has 0 aliphatic carbocycles. The number of aliphatic hydroxyl groups excluding tert-OH is 2. The van der Waals surface area contributed by atoms with Crippen LogP contribution in [0.3, 0.4) is 0 Å². The Balaban J connectivity index is 1.68. The van der Waals surface area contributed by atoms with Gasteiger partial charge in [-0.2, -0.15) is 0 Å². The largest absolute Gasteiger partial charge is 0.497 e. The predicted molar refractivity (Wildman–Crippen MR) is 138 cm³/mol. The van der Waals surface area contributed by atoms with Crippen LogP contribution in [0.1, 0.15) is 32.3 Å². The smallest absolute Gasteiger partial charge is 0.252 e.